The first-order valence-electron chi connectivity index (χ1n) is 5.83. The second-order valence-corrected chi connectivity index (χ2v) is 4.30. The second-order valence-electron chi connectivity index (χ2n) is 4.30. The molecule has 0 amide bonds. The summed E-state index contributed by atoms with van der Waals surface area (Å²) in [5.74, 6) is 1.13. The fraction of sp³-hybridized carbons (Fsp3) is 0.385. The van der Waals surface area contributed by atoms with Crippen LogP contribution >= 0.6 is 0 Å². The van der Waals surface area contributed by atoms with E-state index in [1.165, 1.54) is 5.56 Å². The van der Waals surface area contributed by atoms with Crippen molar-refractivity contribution in [3.8, 4) is 11.4 Å². The van der Waals surface area contributed by atoms with Gasteiger partial charge in [0.05, 0.1) is 6.61 Å². The Hall–Kier alpha value is -1.72. The van der Waals surface area contributed by atoms with Gasteiger partial charge in [-0.1, -0.05) is 35.0 Å². The maximum atomic E-state index is 5.83. The van der Waals surface area contributed by atoms with Crippen molar-refractivity contribution in [2.45, 2.75) is 19.4 Å². The van der Waals surface area contributed by atoms with E-state index < -0.39 is 0 Å². The lowest BCUT2D eigenvalue weighted by Gasteiger charge is -2.05. The van der Waals surface area contributed by atoms with Crippen LogP contribution in [-0.4, -0.2) is 29.9 Å². The van der Waals surface area contributed by atoms with E-state index in [1.807, 2.05) is 31.2 Å². The minimum Gasteiger partial charge on any atom is -0.383 e. The van der Waals surface area contributed by atoms with Crippen molar-refractivity contribution in [3.63, 3.8) is 0 Å². The van der Waals surface area contributed by atoms with Crippen molar-refractivity contribution in [2.24, 2.45) is 5.73 Å². The number of rotatable bonds is 5. The van der Waals surface area contributed by atoms with Gasteiger partial charge in [-0.2, -0.15) is 4.98 Å². The Bertz CT molecular complexity index is 493. The summed E-state index contributed by atoms with van der Waals surface area (Å²) in [4.78, 5) is 4.32. The normalized spacial score (nSPS) is 12.6. The molecule has 0 aliphatic rings. The summed E-state index contributed by atoms with van der Waals surface area (Å²) in [7, 11) is 1.62. The molecule has 0 fully saturated rings. The SMILES string of the molecule is COCC(N)Cc1nc(-c2ccc(C)cc2)no1. The van der Waals surface area contributed by atoms with Crippen molar-refractivity contribution >= 4 is 0 Å². The topological polar surface area (TPSA) is 74.2 Å². The largest absolute Gasteiger partial charge is 0.383 e. The number of aromatic nitrogens is 2. The molecule has 2 N–H and O–H groups in total. The number of nitrogens with two attached hydrogens (primary N) is 1. The number of nitrogens with zero attached hydrogens (tertiary/aromatic N) is 2. The van der Waals surface area contributed by atoms with Gasteiger partial charge in [0.25, 0.3) is 0 Å². The van der Waals surface area contributed by atoms with Crippen LogP contribution in [0.3, 0.4) is 0 Å². The Morgan fingerprint density at radius 1 is 1.33 bits per heavy atom. The van der Waals surface area contributed by atoms with Gasteiger partial charge in [-0.3, -0.25) is 0 Å². The van der Waals surface area contributed by atoms with Crippen LogP contribution in [0.5, 0.6) is 0 Å². The van der Waals surface area contributed by atoms with E-state index in [2.05, 4.69) is 10.1 Å². The van der Waals surface area contributed by atoms with Gasteiger partial charge in [0.2, 0.25) is 11.7 Å². The molecule has 0 aliphatic heterocycles. The molecule has 18 heavy (non-hydrogen) atoms. The highest BCUT2D eigenvalue weighted by Crippen LogP contribution is 2.16. The van der Waals surface area contributed by atoms with E-state index in [0.29, 0.717) is 24.7 Å². The number of aryl methyl sites for hydroxylation is 1. The molecular weight excluding hydrogens is 230 g/mol. The van der Waals surface area contributed by atoms with E-state index in [1.54, 1.807) is 7.11 Å². The fourth-order valence-corrected chi connectivity index (χ4v) is 1.65. The Kier molecular flexibility index (Phi) is 4.07. The van der Waals surface area contributed by atoms with Gasteiger partial charge in [-0.25, -0.2) is 0 Å². The number of methoxy groups -OCH3 is 1. The summed E-state index contributed by atoms with van der Waals surface area (Å²) in [6.45, 7) is 2.51. The van der Waals surface area contributed by atoms with E-state index in [-0.39, 0.29) is 6.04 Å². The zero-order chi connectivity index (χ0) is 13.0. The molecular formula is C13H17N3O2. The fourth-order valence-electron chi connectivity index (χ4n) is 1.65. The molecule has 0 saturated heterocycles. The summed E-state index contributed by atoms with van der Waals surface area (Å²) in [6.07, 6.45) is 0.521. The smallest absolute Gasteiger partial charge is 0.228 e. The van der Waals surface area contributed by atoms with Crippen LogP contribution < -0.4 is 5.73 Å². The molecule has 2 aromatic rings. The Morgan fingerprint density at radius 2 is 2.06 bits per heavy atom. The van der Waals surface area contributed by atoms with Gasteiger partial charge in [-0.05, 0) is 6.92 Å². The van der Waals surface area contributed by atoms with Crippen molar-refractivity contribution in [2.75, 3.05) is 13.7 Å². The van der Waals surface area contributed by atoms with Gasteiger partial charge in [-0.15, -0.1) is 0 Å². The predicted molar refractivity (Wildman–Crippen MR) is 68.0 cm³/mol. The first-order chi connectivity index (χ1) is 8.69. The van der Waals surface area contributed by atoms with Crippen LogP contribution in [0.15, 0.2) is 28.8 Å². The van der Waals surface area contributed by atoms with Crippen LogP contribution in [0.2, 0.25) is 0 Å². The Labute approximate surface area is 106 Å². The number of hydrogen-bond donors (Lipinski definition) is 1. The second kappa shape index (κ2) is 5.75. The average molecular weight is 247 g/mol. The molecule has 1 aromatic carbocycles. The van der Waals surface area contributed by atoms with Crippen molar-refractivity contribution in [3.05, 3.63) is 35.7 Å². The van der Waals surface area contributed by atoms with Crippen LogP contribution in [0.1, 0.15) is 11.5 Å². The van der Waals surface area contributed by atoms with Gasteiger partial charge < -0.3 is 15.0 Å². The quantitative estimate of drug-likeness (QED) is 0.867. The maximum Gasteiger partial charge on any atom is 0.228 e. The van der Waals surface area contributed by atoms with Crippen LogP contribution in [0.4, 0.5) is 0 Å². The molecule has 1 atom stereocenters. The van der Waals surface area contributed by atoms with E-state index in [0.717, 1.165) is 5.56 Å². The van der Waals surface area contributed by atoms with Crippen LogP contribution in [-0.2, 0) is 11.2 Å². The van der Waals surface area contributed by atoms with E-state index in [4.69, 9.17) is 15.0 Å². The number of hydrogen-bond acceptors (Lipinski definition) is 5. The third kappa shape index (κ3) is 3.15. The average Bonchev–Trinajstić information content (AvgIpc) is 2.78. The predicted octanol–water partition coefficient (Wildman–Crippen LogP) is 1.56. The summed E-state index contributed by atoms with van der Waals surface area (Å²) in [6, 6.07) is 7.85. The first-order valence-corrected chi connectivity index (χ1v) is 5.83. The molecule has 1 heterocycles. The van der Waals surface area contributed by atoms with Gasteiger partial charge in [0.1, 0.15) is 0 Å². The molecule has 0 saturated carbocycles. The lowest BCUT2D eigenvalue weighted by Crippen LogP contribution is -2.28. The molecule has 2 rings (SSSR count). The molecule has 1 unspecified atom stereocenters. The zero-order valence-corrected chi connectivity index (χ0v) is 10.6. The monoisotopic (exact) mass is 247 g/mol. The van der Waals surface area contributed by atoms with E-state index in [9.17, 15) is 0 Å². The lowest BCUT2D eigenvalue weighted by atomic mass is 10.1. The lowest BCUT2D eigenvalue weighted by molar-refractivity contribution is 0.176. The highest BCUT2D eigenvalue weighted by molar-refractivity contribution is 5.54. The zero-order valence-electron chi connectivity index (χ0n) is 10.6. The molecule has 5 nitrogen and oxygen atoms in total. The minimum absolute atomic E-state index is 0.124. The van der Waals surface area contributed by atoms with Crippen molar-refractivity contribution < 1.29 is 9.26 Å². The van der Waals surface area contributed by atoms with E-state index >= 15 is 0 Å². The van der Waals surface area contributed by atoms with Gasteiger partial charge in [0.15, 0.2) is 0 Å². The summed E-state index contributed by atoms with van der Waals surface area (Å²) in [5, 5.41) is 3.95. The summed E-state index contributed by atoms with van der Waals surface area (Å²) in [5.41, 5.74) is 7.97. The number of ether oxygens (including phenoxy) is 1. The minimum atomic E-state index is -0.124. The highest BCUT2D eigenvalue weighted by Gasteiger charge is 2.12. The Morgan fingerprint density at radius 3 is 2.72 bits per heavy atom. The molecule has 5 heteroatoms. The Balaban J connectivity index is 2.08. The standard InChI is InChI=1S/C13H17N3O2/c1-9-3-5-10(6-4-9)13-15-12(18-16-13)7-11(14)8-17-2/h3-6,11H,7-8,14H2,1-2H3. The van der Waals surface area contributed by atoms with Crippen LogP contribution in [0, 0.1) is 6.92 Å². The molecule has 0 bridgehead atoms. The highest BCUT2D eigenvalue weighted by atomic mass is 16.5. The van der Waals surface area contributed by atoms with Crippen LogP contribution in [0.25, 0.3) is 11.4 Å². The molecule has 0 spiro atoms. The molecule has 96 valence electrons. The molecule has 0 radical (unpaired) electrons. The first kappa shape index (κ1) is 12.7. The van der Waals surface area contributed by atoms with Crippen molar-refractivity contribution in [1.82, 2.24) is 10.1 Å². The van der Waals surface area contributed by atoms with Gasteiger partial charge in [0, 0.05) is 25.1 Å². The molecule has 1 aromatic heterocycles. The van der Waals surface area contributed by atoms with Crippen molar-refractivity contribution in [1.29, 1.82) is 0 Å². The summed E-state index contributed by atoms with van der Waals surface area (Å²) < 4.78 is 10.1. The summed E-state index contributed by atoms with van der Waals surface area (Å²) >= 11 is 0. The maximum absolute atomic E-state index is 5.83. The van der Waals surface area contributed by atoms with Gasteiger partial charge >= 0.3 is 0 Å². The molecule has 0 aliphatic carbocycles. The number of benzene rings is 1. The third-order valence-electron chi connectivity index (χ3n) is 2.60. The third-order valence-corrected chi connectivity index (χ3v) is 2.60.